The van der Waals surface area contributed by atoms with E-state index in [4.69, 9.17) is 28.2 Å². The van der Waals surface area contributed by atoms with E-state index in [1.54, 1.807) is 6.07 Å². The number of allylic oxidation sites excluding steroid dienone is 1. The minimum Gasteiger partial charge on any atom is -0.338 e. The van der Waals surface area contributed by atoms with Gasteiger partial charge in [0.2, 0.25) is 0 Å². The number of amides is 1. The fourth-order valence-corrected chi connectivity index (χ4v) is 4.90. The minimum absolute atomic E-state index is 0.177. The highest BCUT2D eigenvalue weighted by molar-refractivity contribution is 8.13. The summed E-state index contributed by atoms with van der Waals surface area (Å²) in [5.41, 5.74) is 4.03. The second kappa shape index (κ2) is 10.3. The summed E-state index contributed by atoms with van der Waals surface area (Å²) >= 11 is 13.9. The highest BCUT2D eigenvalue weighted by atomic mass is 35.5. The minimum atomic E-state index is -0.413. The maximum absolute atomic E-state index is 13.2. The summed E-state index contributed by atoms with van der Waals surface area (Å²) in [7, 11) is 0. The number of nitrogens with zero attached hydrogens (tertiary/aromatic N) is 1. The number of rotatable bonds is 5. The standard InChI is InChI=1S/C25H21Cl2N3OS/c1-16-22(24(31)29-20-10-6-3-7-11-20)23(17-8-4-2-5-9-17)30-25(28-16)32-15-18-12-13-19(26)14-21(18)27/h2-14,23H,15H2,1H3,(H,28,30)(H,29,31)/t23-/m1/s1. The molecular formula is C25H21Cl2N3OS. The number of benzene rings is 3. The summed E-state index contributed by atoms with van der Waals surface area (Å²) in [6.07, 6.45) is 0. The lowest BCUT2D eigenvalue weighted by Gasteiger charge is -2.26. The smallest absolute Gasteiger partial charge is 0.255 e. The molecule has 4 nitrogen and oxygen atoms in total. The van der Waals surface area contributed by atoms with Crippen LogP contribution in [0, 0.1) is 0 Å². The van der Waals surface area contributed by atoms with Crippen molar-refractivity contribution >= 4 is 51.7 Å². The van der Waals surface area contributed by atoms with Crippen LogP contribution in [0.15, 0.2) is 95.1 Å². The Morgan fingerprint density at radius 1 is 1.03 bits per heavy atom. The predicted octanol–water partition coefficient (Wildman–Crippen LogP) is 6.84. The lowest BCUT2D eigenvalue weighted by molar-refractivity contribution is -0.113. The Bertz CT molecular complexity index is 1180. The number of hydrogen-bond acceptors (Lipinski definition) is 4. The van der Waals surface area contributed by atoms with Crippen LogP contribution in [0.4, 0.5) is 5.69 Å². The van der Waals surface area contributed by atoms with Gasteiger partial charge in [0.15, 0.2) is 5.17 Å². The highest BCUT2D eigenvalue weighted by Gasteiger charge is 2.29. The van der Waals surface area contributed by atoms with Crippen LogP contribution in [-0.2, 0) is 10.5 Å². The van der Waals surface area contributed by atoms with Gasteiger partial charge < -0.3 is 10.6 Å². The van der Waals surface area contributed by atoms with E-state index in [0.29, 0.717) is 21.4 Å². The number of para-hydroxylation sites is 1. The Morgan fingerprint density at radius 3 is 2.41 bits per heavy atom. The van der Waals surface area contributed by atoms with Gasteiger partial charge in [0.25, 0.3) is 5.91 Å². The van der Waals surface area contributed by atoms with Gasteiger partial charge in [-0.25, -0.2) is 4.99 Å². The van der Waals surface area contributed by atoms with Gasteiger partial charge >= 0.3 is 0 Å². The van der Waals surface area contributed by atoms with Crippen molar-refractivity contribution < 1.29 is 4.79 Å². The molecular weight excluding hydrogens is 461 g/mol. The van der Waals surface area contributed by atoms with Crippen LogP contribution in [0.3, 0.4) is 0 Å². The first-order valence-corrected chi connectivity index (χ1v) is 11.8. The van der Waals surface area contributed by atoms with Gasteiger partial charge in [-0.3, -0.25) is 4.79 Å². The molecule has 0 fully saturated rings. The molecule has 3 aromatic rings. The molecule has 3 aromatic carbocycles. The van der Waals surface area contributed by atoms with E-state index in [9.17, 15) is 4.79 Å². The normalized spacial score (nSPS) is 15.7. The molecule has 0 aliphatic carbocycles. The van der Waals surface area contributed by atoms with Crippen molar-refractivity contribution in [2.45, 2.75) is 18.7 Å². The summed E-state index contributed by atoms with van der Waals surface area (Å²) in [5.74, 6) is 0.450. The largest absolute Gasteiger partial charge is 0.338 e. The molecule has 162 valence electrons. The van der Waals surface area contributed by atoms with Gasteiger partial charge in [0.1, 0.15) is 6.04 Å². The van der Waals surface area contributed by atoms with Crippen molar-refractivity contribution in [2.24, 2.45) is 4.99 Å². The van der Waals surface area contributed by atoms with Gasteiger partial charge in [0, 0.05) is 27.2 Å². The lowest BCUT2D eigenvalue weighted by Crippen LogP contribution is -2.32. The SMILES string of the molecule is CC1=C(C(=O)Nc2ccccc2)[C@@H](c2ccccc2)N=C(SCc2ccc(Cl)cc2Cl)N1. The molecule has 0 saturated carbocycles. The maximum Gasteiger partial charge on any atom is 0.255 e. The summed E-state index contributed by atoms with van der Waals surface area (Å²) < 4.78 is 0. The van der Waals surface area contributed by atoms with E-state index in [2.05, 4.69) is 10.6 Å². The zero-order valence-electron chi connectivity index (χ0n) is 17.3. The summed E-state index contributed by atoms with van der Waals surface area (Å²) in [6.45, 7) is 1.90. The van der Waals surface area contributed by atoms with Crippen LogP contribution in [0.25, 0.3) is 0 Å². The third-order valence-corrected chi connectivity index (χ3v) is 6.51. The second-order valence-corrected chi connectivity index (χ2v) is 9.06. The molecule has 1 amide bonds. The van der Waals surface area contributed by atoms with E-state index in [1.807, 2.05) is 79.7 Å². The Balaban J connectivity index is 1.59. The van der Waals surface area contributed by atoms with E-state index in [0.717, 1.165) is 27.7 Å². The average molecular weight is 482 g/mol. The van der Waals surface area contributed by atoms with E-state index in [-0.39, 0.29) is 5.91 Å². The lowest BCUT2D eigenvalue weighted by atomic mass is 9.96. The molecule has 1 atom stereocenters. The van der Waals surface area contributed by atoms with Crippen molar-refractivity contribution in [3.8, 4) is 0 Å². The topological polar surface area (TPSA) is 53.5 Å². The summed E-state index contributed by atoms with van der Waals surface area (Å²) in [5, 5.41) is 8.24. The molecule has 1 heterocycles. The fraction of sp³-hybridized carbons (Fsp3) is 0.120. The van der Waals surface area contributed by atoms with Crippen LogP contribution in [0.5, 0.6) is 0 Å². The average Bonchev–Trinajstić information content (AvgIpc) is 2.79. The molecule has 1 aliphatic rings. The van der Waals surface area contributed by atoms with Gasteiger partial charge in [-0.05, 0) is 42.3 Å². The first kappa shape index (κ1) is 22.5. The van der Waals surface area contributed by atoms with Crippen LogP contribution in [0.1, 0.15) is 24.1 Å². The Labute approximate surface area is 201 Å². The highest BCUT2D eigenvalue weighted by Crippen LogP contribution is 2.34. The number of amidine groups is 1. The second-order valence-electron chi connectivity index (χ2n) is 7.26. The first-order chi connectivity index (χ1) is 15.5. The molecule has 2 N–H and O–H groups in total. The number of carbonyl (C=O) groups is 1. The predicted molar refractivity (Wildman–Crippen MR) is 135 cm³/mol. The fourth-order valence-electron chi connectivity index (χ4n) is 3.40. The summed E-state index contributed by atoms with van der Waals surface area (Å²) in [4.78, 5) is 18.1. The molecule has 1 aliphatic heterocycles. The molecule has 0 radical (unpaired) electrons. The number of hydrogen-bond donors (Lipinski definition) is 2. The van der Waals surface area contributed by atoms with Crippen molar-refractivity contribution in [3.63, 3.8) is 0 Å². The molecule has 0 bridgehead atoms. The molecule has 32 heavy (non-hydrogen) atoms. The number of aliphatic imine (C=N–C) groups is 1. The summed E-state index contributed by atoms with van der Waals surface area (Å²) in [6, 6.07) is 24.3. The third kappa shape index (κ3) is 5.36. The molecule has 0 saturated heterocycles. The number of halogens is 2. The Kier molecular flexibility index (Phi) is 7.20. The zero-order valence-corrected chi connectivity index (χ0v) is 19.6. The van der Waals surface area contributed by atoms with Crippen LogP contribution < -0.4 is 10.6 Å². The van der Waals surface area contributed by atoms with Gasteiger partial charge in [0.05, 0.1) is 5.57 Å². The number of anilines is 1. The van der Waals surface area contributed by atoms with Gasteiger partial charge in [-0.2, -0.15) is 0 Å². The van der Waals surface area contributed by atoms with Gasteiger partial charge in [-0.15, -0.1) is 0 Å². The van der Waals surface area contributed by atoms with E-state index in [1.165, 1.54) is 11.8 Å². The zero-order chi connectivity index (χ0) is 22.5. The van der Waals surface area contributed by atoms with E-state index < -0.39 is 6.04 Å². The molecule has 0 unspecified atom stereocenters. The number of nitrogens with one attached hydrogen (secondary N) is 2. The Hall–Kier alpha value is -2.73. The number of thioether (sulfide) groups is 1. The quantitative estimate of drug-likeness (QED) is 0.419. The molecule has 0 aromatic heterocycles. The van der Waals surface area contributed by atoms with Crippen molar-refractivity contribution in [2.75, 3.05) is 5.32 Å². The Morgan fingerprint density at radius 2 is 1.72 bits per heavy atom. The van der Waals surface area contributed by atoms with Crippen LogP contribution >= 0.6 is 35.0 Å². The monoisotopic (exact) mass is 481 g/mol. The van der Waals surface area contributed by atoms with Crippen LogP contribution in [-0.4, -0.2) is 11.1 Å². The number of carbonyl (C=O) groups excluding carboxylic acids is 1. The van der Waals surface area contributed by atoms with Crippen LogP contribution in [0.2, 0.25) is 10.0 Å². The first-order valence-electron chi connectivity index (χ1n) is 10.0. The third-order valence-electron chi connectivity index (χ3n) is 4.99. The molecule has 7 heteroatoms. The molecule has 0 spiro atoms. The maximum atomic E-state index is 13.2. The van der Waals surface area contributed by atoms with Gasteiger partial charge in [-0.1, -0.05) is 89.6 Å². The van der Waals surface area contributed by atoms with E-state index >= 15 is 0 Å². The van der Waals surface area contributed by atoms with Crippen molar-refractivity contribution in [1.29, 1.82) is 0 Å². The van der Waals surface area contributed by atoms with Crippen molar-refractivity contribution in [1.82, 2.24) is 5.32 Å². The van der Waals surface area contributed by atoms with Crippen molar-refractivity contribution in [3.05, 3.63) is 111 Å². The molecule has 4 rings (SSSR count).